The topological polar surface area (TPSA) is 72.9 Å². The molecule has 0 aliphatic carbocycles. The third kappa shape index (κ3) is 5.90. The summed E-state index contributed by atoms with van der Waals surface area (Å²) in [6.07, 6.45) is 0.917. The van der Waals surface area contributed by atoms with E-state index in [0.717, 1.165) is 22.4 Å². The van der Waals surface area contributed by atoms with Crippen LogP contribution in [0.2, 0.25) is 0 Å². The Labute approximate surface area is 191 Å². The van der Waals surface area contributed by atoms with Crippen LogP contribution in [0.25, 0.3) is 0 Å². The first-order valence-corrected chi connectivity index (χ1v) is 12.6. The summed E-state index contributed by atoms with van der Waals surface area (Å²) < 4.78 is 38.4. The van der Waals surface area contributed by atoms with Crippen molar-refractivity contribution in [1.82, 2.24) is 4.31 Å². The Kier molecular flexibility index (Phi) is 7.96. The second kappa shape index (κ2) is 10.5. The minimum atomic E-state index is -3.55. The van der Waals surface area contributed by atoms with Crippen molar-refractivity contribution in [1.29, 1.82) is 0 Å². The first kappa shape index (κ1) is 24.3. The maximum absolute atomic E-state index is 12.9. The van der Waals surface area contributed by atoms with E-state index in [1.807, 2.05) is 44.2 Å². The van der Waals surface area contributed by atoms with Gasteiger partial charge >= 0.3 is 5.97 Å². The summed E-state index contributed by atoms with van der Waals surface area (Å²) >= 11 is 0. The van der Waals surface area contributed by atoms with Crippen molar-refractivity contribution in [2.24, 2.45) is 5.92 Å². The lowest BCUT2D eigenvalue weighted by Gasteiger charge is -2.30. The van der Waals surface area contributed by atoms with Gasteiger partial charge in [-0.05, 0) is 67.5 Å². The average molecular weight is 460 g/mol. The molecule has 174 valence electrons. The quantitative estimate of drug-likeness (QED) is 0.431. The van der Waals surface area contributed by atoms with Gasteiger partial charge in [0.25, 0.3) is 0 Å². The highest BCUT2D eigenvalue weighted by molar-refractivity contribution is 7.89. The molecule has 1 fully saturated rings. The van der Waals surface area contributed by atoms with E-state index in [9.17, 15) is 13.2 Å². The molecule has 0 N–H and O–H groups in total. The number of aryl methyl sites for hydroxylation is 2. The lowest BCUT2D eigenvalue weighted by atomic mass is 9.98. The van der Waals surface area contributed by atoms with Crippen LogP contribution in [-0.4, -0.2) is 45.0 Å². The molecule has 0 aromatic heterocycles. The van der Waals surface area contributed by atoms with E-state index in [1.54, 1.807) is 12.1 Å². The van der Waals surface area contributed by atoms with Gasteiger partial charge < -0.3 is 9.47 Å². The van der Waals surface area contributed by atoms with Crippen molar-refractivity contribution in [2.45, 2.75) is 51.3 Å². The molecule has 32 heavy (non-hydrogen) atoms. The summed E-state index contributed by atoms with van der Waals surface area (Å²) in [5, 5.41) is 0. The Morgan fingerprint density at radius 1 is 1.03 bits per heavy atom. The molecule has 6 nitrogen and oxygen atoms in total. The number of sulfonamides is 1. The Morgan fingerprint density at radius 2 is 1.69 bits per heavy atom. The van der Waals surface area contributed by atoms with Crippen LogP contribution >= 0.6 is 0 Å². The number of benzene rings is 2. The SMILES string of the molecule is Cc1ccc(C)c(OCCOC(=O)C2CCN(S(=O)(=O)c3ccc(C(C)C)cc3)CC2)c1. The number of hydrogen-bond acceptors (Lipinski definition) is 5. The van der Waals surface area contributed by atoms with Crippen LogP contribution in [0.3, 0.4) is 0 Å². The molecule has 7 heteroatoms. The van der Waals surface area contributed by atoms with Crippen LogP contribution in [0.1, 0.15) is 49.3 Å². The monoisotopic (exact) mass is 459 g/mol. The highest BCUT2D eigenvalue weighted by Crippen LogP contribution is 2.26. The fourth-order valence-corrected chi connectivity index (χ4v) is 5.25. The summed E-state index contributed by atoms with van der Waals surface area (Å²) in [5.74, 6) is 0.569. The van der Waals surface area contributed by atoms with Gasteiger partial charge in [0.1, 0.15) is 19.0 Å². The molecule has 0 bridgehead atoms. The zero-order valence-electron chi connectivity index (χ0n) is 19.3. The molecule has 1 aliphatic rings. The number of carbonyl (C=O) groups is 1. The Bertz CT molecular complexity index is 1020. The van der Waals surface area contributed by atoms with Crippen molar-refractivity contribution in [2.75, 3.05) is 26.3 Å². The molecular formula is C25H33NO5S. The summed E-state index contributed by atoms with van der Waals surface area (Å²) in [4.78, 5) is 12.7. The number of ether oxygens (including phenoxy) is 2. The van der Waals surface area contributed by atoms with Gasteiger partial charge in [0.2, 0.25) is 10.0 Å². The van der Waals surface area contributed by atoms with Crippen LogP contribution in [0, 0.1) is 19.8 Å². The van der Waals surface area contributed by atoms with E-state index in [1.165, 1.54) is 4.31 Å². The number of carbonyl (C=O) groups excluding carboxylic acids is 1. The van der Waals surface area contributed by atoms with Gasteiger partial charge in [-0.3, -0.25) is 4.79 Å². The second-order valence-electron chi connectivity index (χ2n) is 8.69. The van der Waals surface area contributed by atoms with Crippen molar-refractivity contribution >= 4 is 16.0 Å². The molecule has 0 saturated carbocycles. The molecule has 1 saturated heterocycles. The zero-order chi connectivity index (χ0) is 23.3. The molecule has 3 rings (SSSR count). The normalized spacial score (nSPS) is 15.7. The van der Waals surface area contributed by atoms with Gasteiger partial charge in [-0.2, -0.15) is 4.31 Å². The van der Waals surface area contributed by atoms with E-state index in [2.05, 4.69) is 13.8 Å². The predicted molar refractivity (Wildman–Crippen MR) is 124 cm³/mol. The van der Waals surface area contributed by atoms with Crippen molar-refractivity contribution in [3.63, 3.8) is 0 Å². The van der Waals surface area contributed by atoms with E-state index >= 15 is 0 Å². The lowest BCUT2D eigenvalue weighted by molar-refractivity contribution is -0.150. The summed E-state index contributed by atoms with van der Waals surface area (Å²) in [5.41, 5.74) is 3.25. The molecular weight excluding hydrogens is 426 g/mol. The fourth-order valence-electron chi connectivity index (χ4n) is 3.78. The molecule has 0 radical (unpaired) electrons. The Hall–Kier alpha value is -2.38. The van der Waals surface area contributed by atoms with E-state index in [0.29, 0.717) is 36.7 Å². The van der Waals surface area contributed by atoms with Crippen LogP contribution in [0.5, 0.6) is 5.75 Å². The van der Waals surface area contributed by atoms with Crippen molar-refractivity contribution in [3.05, 3.63) is 59.2 Å². The van der Waals surface area contributed by atoms with Crippen LogP contribution in [0.15, 0.2) is 47.4 Å². The molecule has 2 aromatic rings. The predicted octanol–water partition coefficient (Wildman–Crippen LogP) is 4.45. The highest BCUT2D eigenvalue weighted by atomic mass is 32.2. The molecule has 1 heterocycles. The zero-order valence-corrected chi connectivity index (χ0v) is 20.2. The third-order valence-electron chi connectivity index (χ3n) is 5.90. The number of esters is 1. The molecule has 0 amide bonds. The van der Waals surface area contributed by atoms with Crippen LogP contribution in [0.4, 0.5) is 0 Å². The van der Waals surface area contributed by atoms with Gasteiger partial charge in [-0.25, -0.2) is 8.42 Å². The minimum absolute atomic E-state index is 0.174. The maximum atomic E-state index is 12.9. The standard InChI is InChI=1S/C25H33NO5S/c1-18(2)21-7-9-23(10-8-21)32(28,29)26-13-11-22(12-14-26)25(27)31-16-15-30-24-17-19(3)5-6-20(24)4/h5-10,17-18,22H,11-16H2,1-4H3. The van der Waals surface area contributed by atoms with Gasteiger partial charge in [-0.1, -0.05) is 38.1 Å². The van der Waals surface area contributed by atoms with Crippen molar-refractivity contribution < 1.29 is 22.7 Å². The van der Waals surface area contributed by atoms with Gasteiger partial charge in [0, 0.05) is 13.1 Å². The summed E-state index contributed by atoms with van der Waals surface area (Å²) in [6, 6.07) is 13.0. The van der Waals surface area contributed by atoms with Crippen LogP contribution < -0.4 is 4.74 Å². The van der Waals surface area contributed by atoms with Crippen molar-refractivity contribution in [3.8, 4) is 5.75 Å². The molecule has 0 atom stereocenters. The van der Waals surface area contributed by atoms with Crippen LogP contribution in [-0.2, 0) is 19.6 Å². The molecule has 2 aromatic carbocycles. The Balaban J connectivity index is 1.46. The fraction of sp³-hybridized carbons (Fsp3) is 0.480. The maximum Gasteiger partial charge on any atom is 0.309 e. The van der Waals surface area contributed by atoms with Gasteiger partial charge in [0.05, 0.1) is 10.8 Å². The lowest BCUT2D eigenvalue weighted by Crippen LogP contribution is -2.40. The van der Waals surface area contributed by atoms with E-state index < -0.39 is 10.0 Å². The molecule has 0 spiro atoms. The minimum Gasteiger partial charge on any atom is -0.490 e. The Morgan fingerprint density at radius 3 is 2.31 bits per heavy atom. The summed E-state index contributed by atoms with van der Waals surface area (Å²) in [6.45, 7) is 9.20. The largest absolute Gasteiger partial charge is 0.490 e. The van der Waals surface area contributed by atoms with E-state index in [4.69, 9.17) is 9.47 Å². The van der Waals surface area contributed by atoms with Gasteiger partial charge in [0.15, 0.2) is 0 Å². The average Bonchev–Trinajstić information content (AvgIpc) is 2.78. The number of rotatable bonds is 8. The first-order valence-electron chi connectivity index (χ1n) is 11.2. The highest BCUT2D eigenvalue weighted by Gasteiger charge is 2.32. The molecule has 1 aliphatic heterocycles. The number of nitrogens with zero attached hydrogens (tertiary/aromatic N) is 1. The summed E-state index contributed by atoms with van der Waals surface area (Å²) in [7, 11) is -3.55. The molecule has 0 unspecified atom stereocenters. The smallest absolute Gasteiger partial charge is 0.309 e. The van der Waals surface area contributed by atoms with E-state index in [-0.39, 0.29) is 25.1 Å². The number of hydrogen-bond donors (Lipinski definition) is 0. The number of piperidine rings is 1. The van der Waals surface area contributed by atoms with Gasteiger partial charge in [-0.15, -0.1) is 0 Å². The first-order chi connectivity index (χ1) is 15.2. The third-order valence-corrected chi connectivity index (χ3v) is 7.81. The second-order valence-corrected chi connectivity index (χ2v) is 10.6.